The first-order chi connectivity index (χ1) is 16.4. The Morgan fingerprint density at radius 3 is 2.62 bits per heavy atom. The fraction of sp³-hybridized carbons (Fsp3) is 0.292. The monoisotopic (exact) mass is 474 g/mol. The molecule has 0 spiro atoms. The Hall–Kier alpha value is -3.63. The minimum Gasteiger partial charge on any atom is -0.354 e. The fourth-order valence-electron chi connectivity index (χ4n) is 3.75. The molecule has 0 radical (unpaired) electrons. The summed E-state index contributed by atoms with van der Waals surface area (Å²) in [6, 6.07) is 11.9. The van der Waals surface area contributed by atoms with E-state index in [2.05, 4.69) is 49.4 Å². The number of anilines is 3. The van der Waals surface area contributed by atoms with Gasteiger partial charge in [-0.15, -0.1) is 10.2 Å². The third kappa shape index (κ3) is 4.42. The lowest BCUT2D eigenvalue weighted by atomic mass is 10.1. The van der Waals surface area contributed by atoms with Crippen LogP contribution in [0, 0.1) is 0 Å². The molecule has 3 aromatic heterocycles. The van der Waals surface area contributed by atoms with Gasteiger partial charge in [-0.2, -0.15) is 0 Å². The van der Waals surface area contributed by atoms with Crippen LogP contribution in [0.25, 0.3) is 21.3 Å². The summed E-state index contributed by atoms with van der Waals surface area (Å²) in [5.41, 5.74) is 2.35. The van der Waals surface area contributed by atoms with Gasteiger partial charge in [0.2, 0.25) is 0 Å². The topological polar surface area (TPSA) is 90.4 Å². The van der Waals surface area contributed by atoms with Crippen molar-refractivity contribution >= 4 is 44.9 Å². The smallest absolute Gasteiger partial charge is 0.257 e. The average molecular weight is 475 g/mol. The van der Waals surface area contributed by atoms with Gasteiger partial charge in [0.25, 0.3) is 5.91 Å². The van der Waals surface area contributed by atoms with Gasteiger partial charge in [0.1, 0.15) is 5.82 Å². The summed E-state index contributed by atoms with van der Waals surface area (Å²) in [4.78, 5) is 29.2. The molecule has 0 bridgehead atoms. The highest BCUT2D eigenvalue weighted by molar-refractivity contribution is 7.18. The van der Waals surface area contributed by atoms with Crippen molar-refractivity contribution in [2.45, 2.75) is 6.04 Å². The molecule has 9 nitrogen and oxygen atoms in total. The molecule has 0 atom stereocenters. The molecule has 4 aromatic rings. The maximum atomic E-state index is 12.9. The number of benzene rings is 1. The molecule has 4 heterocycles. The number of aromatic nitrogens is 4. The number of nitrogens with zero attached hydrogens (tertiary/aromatic N) is 7. The number of nitrogens with one attached hydrogen (secondary N) is 1. The summed E-state index contributed by atoms with van der Waals surface area (Å²) in [7, 11) is 8.10. The van der Waals surface area contributed by atoms with Crippen LogP contribution in [-0.4, -0.2) is 78.3 Å². The van der Waals surface area contributed by atoms with E-state index in [4.69, 9.17) is 0 Å². The van der Waals surface area contributed by atoms with Crippen LogP contribution in [0.3, 0.4) is 0 Å². The van der Waals surface area contributed by atoms with E-state index in [0.717, 1.165) is 45.4 Å². The minimum absolute atomic E-state index is 0.240. The maximum absolute atomic E-state index is 12.9. The van der Waals surface area contributed by atoms with E-state index in [1.54, 1.807) is 23.6 Å². The summed E-state index contributed by atoms with van der Waals surface area (Å²) >= 11 is 1.62. The highest BCUT2D eigenvalue weighted by atomic mass is 32.1. The predicted octanol–water partition coefficient (Wildman–Crippen LogP) is 3.22. The van der Waals surface area contributed by atoms with Crippen molar-refractivity contribution in [3.05, 3.63) is 54.4 Å². The summed E-state index contributed by atoms with van der Waals surface area (Å²) in [5, 5.41) is 13.2. The van der Waals surface area contributed by atoms with E-state index >= 15 is 0 Å². The molecule has 1 aliphatic rings. The number of amides is 1. The first kappa shape index (κ1) is 22.2. The molecule has 34 heavy (non-hydrogen) atoms. The molecule has 174 valence electrons. The first-order valence-electron chi connectivity index (χ1n) is 11.0. The quantitative estimate of drug-likeness (QED) is 0.456. The second-order valence-electron chi connectivity index (χ2n) is 8.78. The van der Waals surface area contributed by atoms with Crippen LogP contribution >= 0.6 is 11.3 Å². The fourth-order valence-corrected chi connectivity index (χ4v) is 4.59. The van der Waals surface area contributed by atoms with Crippen LogP contribution in [0.1, 0.15) is 10.4 Å². The van der Waals surface area contributed by atoms with Crippen LogP contribution in [0.4, 0.5) is 16.8 Å². The molecule has 1 fully saturated rings. The van der Waals surface area contributed by atoms with Gasteiger partial charge in [0.15, 0.2) is 10.9 Å². The van der Waals surface area contributed by atoms with Gasteiger partial charge in [-0.25, -0.2) is 9.97 Å². The number of fused-ring (bicyclic) bond motifs is 1. The SMILES string of the molecule is CN(C)c1ncc(-c2ccc3nnc(NC(=O)c4ccnc(N5CC(N(C)C)C5)c4)cc3c2)s1. The predicted molar refractivity (Wildman–Crippen MR) is 137 cm³/mol. The Balaban J connectivity index is 1.33. The molecule has 1 saturated heterocycles. The molecule has 1 aromatic carbocycles. The molecule has 0 unspecified atom stereocenters. The number of hydrogen-bond donors (Lipinski definition) is 1. The second kappa shape index (κ2) is 8.96. The Morgan fingerprint density at radius 2 is 1.88 bits per heavy atom. The van der Waals surface area contributed by atoms with E-state index in [9.17, 15) is 4.79 Å². The largest absolute Gasteiger partial charge is 0.354 e. The lowest BCUT2D eigenvalue weighted by Gasteiger charge is -2.43. The zero-order valence-electron chi connectivity index (χ0n) is 19.6. The third-order valence-corrected chi connectivity index (χ3v) is 7.13. The van der Waals surface area contributed by atoms with Crippen molar-refractivity contribution in [3.8, 4) is 10.4 Å². The van der Waals surface area contributed by atoms with E-state index < -0.39 is 0 Å². The molecule has 0 aliphatic carbocycles. The van der Waals surface area contributed by atoms with Gasteiger partial charge < -0.3 is 20.0 Å². The van der Waals surface area contributed by atoms with Crippen molar-refractivity contribution in [3.63, 3.8) is 0 Å². The standard InChI is InChI=1S/C24H26N8OS/c1-30(2)18-13-32(14-18)22-11-16(7-8-25-22)23(33)27-21-10-17-9-15(5-6-19(17)28-29-21)20-12-26-24(34-20)31(3)4/h5-12,18H,13-14H2,1-4H3,(H,27,29,33). The second-order valence-corrected chi connectivity index (χ2v) is 9.79. The summed E-state index contributed by atoms with van der Waals surface area (Å²) < 4.78 is 0. The minimum atomic E-state index is -0.240. The van der Waals surface area contributed by atoms with Gasteiger partial charge in [-0.1, -0.05) is 17.4 Å². The summed E-state index contributed by atoms with van der Waals surface area (Å²) in [6.07, 6.45) is 3.54. The first-order valence-corrected chi connectivity index (χ1v) is 11.8. The van der Waals surface area contributed by atoms with Crippen molar-refractivity contribution in [1.29, 1.82) is 0 Å². The normalized spacial score (nSPS) is 13.9. The number of likely N-dealkylation sites (N-methyl/N-ethyl adjacent to an activating group) is 1. The Kier molecular flexibility index (Phi) is 5.84. The Bertz CT molecular complexity index is 1350. The molecule has 1 N–H and O–H groups in total. The molecule has 1 amide bonds. The van der Waals surface area contributed by atoms with Gasteiger partial charge in [-0.3, -0.25) is 4.79 Å². The molecule has 1 aliphatic heterocycles. The van der Waals surface area contributed by atoms with Crippen molar-refractivity contribution in [1.82, 2.24) is 25.1 Å². The van der Waals surface area contributed by atoms with Gasteiger partial charge in [0, 0.05) is 56.6 Å². The molecular formula is C24H26N8OS. The number of pyridine rings is 1. The van der Waals surface area contributed by atoms with E-state index in [-0.39, 0.29) is 5.91 Å². The summed E-state index contributed by atoms with van der Waals surface area (Å²) in [5.74, 6) is 0.973. The van der Waals surface area contributed by atoms with Gasteiger partial charge in [0.05, 0.1) is 10.4 Å². The number of carbonyl (C=O) groups is 1. The van der Waals surface area contributed by atoms with Crippen LogP contribution in [0.15, 0.2) is 48.8 Å². The van der Waals surface area contributed by atoms with Gasteiger partial charge in [-0.05, 0) is 50.0 Å². The number of thiazole rings is 1. The lowest BCUT2D eigenvalue weighted by Crippen LogP contribution is -2.57. The summed E-state index contributed by atoms with van der Waals surface area (Å²) in [6.45, 7) is 1.80. The van der Waals surface area contributed by atoms with Crippen LogP contribution in [0.2, 0.25) is 0 Å². The third-order valence-electron chi connectivity index (χ3n) is 5.91. The molecule has 5 rings (SSSR count). The molecule has 0 saturated carbocycles. The van der Waals surface area contributed by atoms with Crippen LogP contribution in [0.5, 0.6) is 0 Å². The number of rotatable bonds is 6. The van der Waals surface area contributed by atoms with E-state index in [1.165, 1.54) is 0 Å². The van der Waals surface area contributed by atoms with Crippen molar-refractivity contribution in [2.24, 2.45) is 0 Å². The molecule has 10 heteroatoms. The van der Waals surface area contributed by atoms with E-state index in [1.807, 2.05) is 55.5 Å². The van der Waals surface area contributed by atoms with Gasteiger partial charge >= 0.3 is 0 Å². The average Bonchev–Trinajstić information content (AvgIpc) is 3.28. The van der Waals surface area contributed by atoms with E-state index in [0.29, 0.717) is 17.4 Å². The zero-order chi connectivity index (χ0) is 23.8. The Labute approximate surface area is 202 Å². The van der Waals surface area contributed by atoms with Crippen LogP contribution in [-0.2, 0) is 0 Å². The number of carbonyl (C=O) groups excluding carboxylic acids is 1. The van der Waals surface area contributed by atoms with Crippen LogP contribution < -0.4 is 15.1 Å². The highest BCUT2D eigenvalue weighted by Gasteiger charge is 2.29. The maximum Gasteiger partial charge on any atom is 0.257 e. The Morgan fingerprint density at radius 1 is 1.06 bits per heavy atom. The number of hydrogen-bond acceptors (Lipinski definition) is 9. The highest BCUT2D eigenvalue weighted by Crippen LogP contribution is 2.32. The zero-order valence-corrected chi connectivity index (χ0v) is 20.4. The lowest BCUT2D eigenvalue weighted by molar-refractivity contribution is 0.102. The molecular weight excluding hydrogens is 448 g/mol. The van der Waals surface area contributed by atoms with Crippen molar-refractivity contribution in [2.75, 3.05) is 56.4 Å². The van der Waals surface area contributed by atoms with Crippen molar-refractivity contribution < 1.29 is 4.79 Å².